The molecule has 0 atom stereocenters. The molecule has 1 aromatic rings. The van der Waals surface area contributed by atoms with Gasteiger partial charge in [-0.1, -0.05) is 24.4 Å². The van der Waals surface area contributed by atoms with Crippen molar-refractivity contribution in [3.05, 3.63) is 28.8 Å². The first-order valence-electron chi connectivity index (χ1n) is 7.18. The van der Waals surface area contributed by atoms with E-state index in [1.165, 1.54) is 12.8 Å². The van der Waals surface area contributed by atoms with Gasteiger partial charge in [-0.2, -0.15) is 24.9 Å². The normalized spacial score (nSPS) is 16.9. The number of nitrogens with one attached hydrogen (secondary N) is 1. The number of hydrogen-bond donors (Lipinski definition) is 1. The third-order valence-electron chi connectivity index (χ3n) is 3.59. The monoisotopic (exact) mass is 387 g/mol. The van der Waals surface area contributed by atoms with Gasteiger partial charge in [0.25, 0.3) is 0 Å². The summed E-state index contributed by atoms with van der Waals surface area (Å²) in [5.41, 5.74) is -1.25. The molecule has 0 amide bonds. The smallest absolute Gasteiger partial charge is 0.210 e. The maximum absolute atomic E-state index is 13.0. The van der Waals surface area contributed by atoms with Crippen LogP contribution in [-0.4, -0.2) is 26.0 Å². The molecule has 1 fully saturated rings. The summed E-state index contributed by atoms with van der Waals surface area (Å²) in [4.78, 5) is -0.791. The van der Waals surface area contributed by atoms with Crippen molar-refractivity contribution < 1.29 is 21.6 Å². The van der Waals surface area contributed by atoms with E-state index in [0.29, 0.717) is 17.1 Å². The minimum atomic E-state index is -4.78. The van der Waals surface area contributed by atoms with Crippen LogP contribution in [-0.2, 0) is 16.2 Å². The molecule has 9 heteroatoms. The van der Waals surface area contributed by atoms with Crippen LogP contribution in [0, 0.1) is 0 Å². The van der Waals surface area contributed by atoms with Crippen LogP contribution >= 0.6 is 23.4 Å². The van der Waals surface area contributed by atoms with Gasteiger partial charge in [0.1, 0.15) is 0 Å². The molecule has 0 radical (unpaired) electrons. The zero-order valence-corrected chi connectivity index (χ0v) is 14.6. The van der Waals surface area contributed by atoms with Gasteiger partial charge in [0.15, 0.2) is 0 Å². The minimum absolute atomic E-state index is 0.101. The summed E-state index contributed by atoms with van der Waals surface area (Å²) in [7, 11) is -4.23. The maximum atomic E-state index is 13.0. The minimum Gasteiger partial charge on any atom is -0.210 e. The lowest BCUT2D eigenvalue weighted by Gasteiger charge is -2.14. The lowest BCUT2D eigenvalue weighted by molar-refractivity contribution is -0.139. The molecule has 130 valence electrons. The van der Waals surface area contributed by atoms with Crippen molar-refractivity contribution in [1.29, 1.82) is 0 Å². The predicted octanol–water partition coefficient (Wildman–Crippen LogP) is 4.31. The van der Waals surface area contributed by atoms with Crippen LogP contribution in [0.15, 0.2) is 23.1 Å². The fourth-order valence-electron chi connectivity index (χ4n) is 2.49. The number of halogens is 4. The standard InChI is InChI=1S/C14H17ClF3NO2S2/c15-10-5-6-13(12(9-10)14(16,17)18)23(20,21)19-7-8-22-11-3-1-2-4-11/h5-6,9,11,19H,1-4,7-8H2. The molecule has 1 saturated carbocycles. The molecule has 1 aliphatic carbocycles. The summed E-state index contributed by atoms with van der Waals surface area (Å²) < 4.78 is 65.5. The predicted molar refractivity (Wildman–Crippen MR) is 86.4 cm³/mol. The van der Waals surface area contributed by atoms with E-state index in [9.17, 15) is 21.6 Å². The van der Waals surface area contributed by atoms with E-state index in [1.807, 2.05) is 0 Å². The first kappa shape index (κ1) is 18.9. The van der Waals surface area contributed by atoms with Crippen molar-refractivity contribution >= 4 is 33.4 Å². The molecule has 1 aromatic carbocycles. The molecule has 1 N–H and O–H groups in total. The molecule has 0 aromatic heterocycles. The molecule has 0 heterocycles. The van der Waals surface area contributed by atoms with Gasteiger partial charge in [-0.3, -0.25) is 0 Å². The molecule has 23 heavy (non-hydrogen) atoms. The summed E-state index contributed by atoms with van der Waals surface area (Å²) in [6, 6.07) is 2.65. The van der Waals surface area contributed by atoms with Crippen LogP contribution < -0.4 is 4.72 Å². The molecule has 0 spiro atoms. The summed E-state index contributed by atoms with van der Waals surface area (Å²) in [5, 5.41) is 0.369. The van der Waals surface area contributed by atoms with Gasteiger partial charge in [-0.05, 0) is 31.0 Å². The van der Waals surface area contributed by atoms with Gasteiger partial charge in [0.2, 0.25) is 10.0 Å². The van der Waals surface area contributed by atoms with Crippen molar-refractivity contribution in [2.24, 2.45) is 0 Å². The van der Waals surface area contributed by atoms with Crippen molar-refractivity contribution in [2.75, 3.05) is 12.3 Å². The molecule has 0 saturated heterocycles. The van der Waals surface area contributed by atoms with Gasteiger partial charge in [-0.15, -0.1) is 0 Å². The molecular formula is C14H17ClF3NO2S2. The van der Waals surface area contributed by atoms with Gasteiger partial charge in [0.05, 0.1) is 10.5 Å². The average Bonchev–Trinajstić information content (AvgIpc) is 2.95. The van der Waals surface area contributed by atoms with E-state index in [0.717, 1.165) is 25.0 Å². The summed E-state index contributed by atoms with van der Waals surface area (Å²) in [6.07, 6.45) is -0.181. The van der Waals surface area contributed by atoms with E-state index in [1.54, 1.807) is 11.8 Å². The summed E-state index contributed by atoms with van der Waals surface area (Å²) in [6.45, 7) is 0.101. The van der Waals surface area contributed by atoms with Gasteiger partial charge >= 0.3 is 6.18 Å². The Morgan fingerprint density at radius 2 is 1.91 bits per heavy atom. The average molecular weight is 388 g/mol. The van der Waals surface area contributed by atoms with E-state index in [2.05, 4.69) is 4.72 Å². The highest BCUT2D eigenvalue weighted by atomic mass is 35.5. The number of thioether (sulfide) groups is 1. The van der Waals surface area contributed by atoms with Crippen molar-refractivity contribution in [1.82, 2.24) is 4.72 Å². The highest BCUT2D eigenvalue weighted by molar-refractivity contribution is 8.00. The van der Waals surface area contributed by atoms with E-state index < -0.39 is 26.7 Å². The Balaban J connectivity index is 2.04. The molecule has 0 unspecified atom stereocenters. The Kier molecular flexibility index (Phi) is 6.27. The van der Waals surface area contributed by atoms with Crippen LogP contribution in [0.25, 0.3) is 0 Å². The number of sulfonamides is 1. The Labute approximate surface area is 143 Å². The number of alkyl halides is 3. The fraction of sp³-hybridized carbons (Fsp3) is 0.571. The van der Waals surface area contributed by atoms with Crippen molar-refractivity contribution in [3.8, 4) is 0 Å². The van der Waals surface area contributed by atoms with E-state index >= 15 is 0 Å². The molecular weight excluding hydrogens is 371 g/mol. The van der Waals surface area contributed by atoms with Crippen LogP contribution in [0.2, 0.25) is 5.02 Å². The van der Waals surface area contributed by atoms with Crippen LogP contribution in [0.3, 0.4) is 0 Å². The molecule has 0 bridgehead atoms. The zero-order chi connectivity index (χ0) is 17.1. The molecule has 2 rings (SSSR count). The highest BCUT2D eigenvalue weighted by Crippen LogP contribution is 2.35. The first-order valence-corrected chi connectivity index (χ1v) is 10.1. The second-order valence-electron chi connectivity index (χ2n) is 5.31. The highest BCUT2D eigenvalue weighted by Gasteiger charge is 2.37. The Bertz CT molecular complexity index is 644. The van der Waals surface area contributed by atoms with Crippen LogP contribution in [0.1, 0.15) is 31.2 Å². The number of hydrogen-bond acceptors (Lipinski definition) is 3. The largest absolute Gasteiger partial charge is 0.417 e. The second kappa shape index (κ2) is 7.63. The first-order chi connectivity index (χ1) is 10.7. The lowest BCUT2D eigenvalue weighted by Crippen LogP contribution is -2.28. The zero-order valence-electron chi connectivity index (χ0n) is 12.2. The van der Waals surface area contributed by atoms with Crippen molar-refractivity contribution in [2.45, 2.75) is 42.0 Å². The van der Waals surface area contributed by atoms with Gasteiger partial charge in [0, 0.05) is 22.6 Å². The Hall–Kier alpha value is -0.440. The molecule has 0 aliphatic heterocycles. The molecule has 3 nitrogen and oxygen atoms in total. The fourth-order valence-corrected chi connectivity index (χ4v) is 5.25. The third-order valence-corrected chi connectivity index (χ3v) is 6.72. The maximum Gasteiger partial charge on any atom is 0.417 e. The number of rotatable bonds is 6. The van der Waals surface area contributed by atoms with Crippen LogP contribution in [0.5, 0.6) is 0 Å². The second-order valence-corrected chi connectivity index (χ2v) is 8.89. The lowest BCUT2D eigenvalue weighted by atomic mass is 10.2. The Morgan fingerprint density at radius 1 is 1.26 bits per heavy atom. The van der Waals surface area contributed by atoms with Gasteiger partial charge in [-0.25, -0.2) is 13.1 Å². The quantitative estimate of drug-likeness (QED) is 0.740. The van der Waals surface area contributed by atoms with E-state index in [-0.39, 0.29) is 11.6 Å². The van der Waals surface area contributed by atoms with Gasteiger partial charge < -0.3 is 0 Å². The topological polar surface area (TPSA) is 46.2 Å². The van der Waals surface area contributed by atoms with E-state index in [4.69, 9.17) is 11.6 Å². The third kappa shape index (κ3) is 5.27. The summed E-state index contributed by atoms with van der Waals surface area (Å²) >= 11 is 7.22. The summed E-state index contributed by atoms with van der Waals surface area (Å²) in [5.74, 6) is 0.541. The van der Waals surface area contributed by atoms with Crippen molar-refractivity contribution in [3.63, 3.8) is 0 Å². The number of benzene rings is 1. The SMILES string of the molecule is O=S(=O)(NCCSC1CCCC1)c1ccc(Cl)cc1C(F)(F)F. The Morgan fingerprint density at radius 3 is 2.52 bits per heavy atom. The van der Waals surface area contributed by atoms with Crippen LogP contribution in [0.4, 0.5) is 13.2 Å². The molecule has 1 aliphatic rings.